The second kappa shape index (κ2) is 4.16. The first kappa shape index (κ1) is 11.3. The van der Waals surface area contributed by atoms with Gasteiger partial charge in [-0.2, -0.15) is 0 Å². The van der Waals surface area contributed by atoms with Crippen LogP contribution in [-0.4, -0.2) is 10.9 Å². The Morgan fingerprint density at radius 1 is 1.64 bits per heavy atom. The van der Waals surface area contributed by atoms with Gasteiger partial charge < -0.3 is 5.73 Å². The van der Waals surface area contributed by atoms with E-state index in [4.69, 9.17) is 5.73 Å². The predicted octanol–water partition coefficient (Wildman–Crippen LogP) is 2.03. The van der Waals surface area contributed by atoms with Crippen molar-refractivity contribution in [1.82, 2.24) is 4.98 Å². The van der Waals surface area contributed by atoms with E-state index in [1.54, 1.807) is 22.6 Å². The van der Waals surface area contributed by atoms with E-state index in [1.165, 1.54) is 13.0 Å². The van der Waals surface area contributed by atoms with Crippen LogP contribution in [0.2, 0.25) is 0 Å². The van der Waals surface area contributed by atoms with Crippen molar-refractivity contribution in [2.75, 3.05) is 0 Å². The average molecular weight is 312 g/mol. The summed E-state index contributed by atoms with van der Waals surface area (Å²) < 4.78 is 25.2. The maximum atomic E-state index is 12.5. The molecule has 1 aromatic rings. The van der Waals surface area contributed by atoms with Crippen LogP contribution in [-0.2, 0) is 0 Å². The van der Waals surface area contributed by atoms with Gasteiger partial charge in [0.2, 0.25) is 0 Å². The molecule has 0 unspecified atom stereocenters. The van der Waals surface area contributed by atoms with Crippen molar-refractivity contribution in [2.45, 2.75) is 13.3 Å². The largest absolute Gasteiger partial charge is 0.364 e. The fourth-order valence-corrected chi connectivity index (χ4v) is 1.95. The number of aromatic nitrogens is 1. The summed E-state index contributed by atoms with van der Waals surface area (Å²) in [7, 11) is 0. The van der Waals surface area contributed by atoms with Gasteiger partial charge in [0.25, 0.3) is 12.3 Å². The third-order valence-electron chi connectivity index (χ3n) is 1.67. The van der Waals surface area contributed by atoms with Gasteiger partial charge >= 0.3 is 0 Å². The first-order valence-corrected chi connectivity index (χ1v) is 4.76. The molecule has 1 aromatic heterocycles. The number of hydrogen-bond acceptors (Lipinski definition) is 2. The third kappa shape index (κ3) is 2.17. The van der Waals surface area contributed by atoms with E-state index < -0.39 is 12.3 Å². The molecular formula is C8H7F2IN2O. The first-order valence-electron chi connectivity index (χ1n) is 3.68. The molecule has 6 heteroatoms. The van der Waals surface area contributed by atoms with E-state index in [-0.39, 0.29) is 17.0 Å². The van der Waals surface area contributed by atoms with Crippen LogP contribution in [0.3, 0.4) is 0 Å². The van der Waals surface area contributed by atoms with Crippen molar-refractivity contribution in [2.24, 2.45) is 5.73 Å². The highest BCUT2D eigenvalue weighted by atomic mass is 127. The summed E-state index contributed by atoms with van der Waals surface area (Å²) in [4.78, 5) is 14.5. The van der Waals surface area contributed by atoms with Gasteiger partial charge in [-0.15, -0.1) is 0 Å². The molecule has 0 aliphatic heterocycles. The van der Waals surface area contributed by atoms with Gasteiger partial charge in [0.05, 0.1) is 5.56 Å². The highest BCUT2D eigenvalue weighted by molar-refractivity contribution is 14.1. The molecule has 0 saturated carbocycles. The monoisotopic (exact) mass is 312 g/mol. The van der Waals surface area contributed by atoms with Crippen molar-refractivity contribution in [3.05, 3.63) is 26.6 Å². The maximum absolute atomic E-state index is 12.5. The summed E-state index contributed by atoms with van der Waals surface area (Å²) >= 11 is 1.73. The molecule has 0 aliphatic rings. The van der Waals surface area contributed by atoms with Crippen LogP contribution in [0, 0.1) is 10.5 Å². The minimum atomic E-state index is -2.59. The van der Waals surface area contributed by atoms with Gasteiger partial charge in [-0.25, -0.2) is 13.8 Å². The summed E-state index contributed by atoms with van der Waals surface area (Å²) in [5, 5.41) is 0. The van der Waals surface area contributed by atoms with Gasteiger partial charge in [0.15, 0.2) is 0 Å². The Morgan fingerprint density at radius 3 is 2.57 bits per heavy atom. The summed E-state index contributed by atoms with van der Waals surface area (Å²) in [5.41, 5.74) is 4.99. The van der Waals surface area contributed by atoms with Gasteiger partial charge in [-0.1, -0.05) is 0 Å². The molecular weight excluding hydrogens is 305 g/mol. The van der Waals surface area contributed by atoms with E-state index in [9.17, 15) is 13.6 Å². The molecule has 0 fully saturated rings. The van der Waals surface area contributed by atoms with Crippen LogP contribution in [0.1, 0.15) is 28.2 Å². The molecule has 0 radical (unpaired) electrons. The highest BCUT2D eigenvalue weighted by Gasteiger charge is 2.18. The van der Waals surface area contributed by atoms with Crippen molar-refractivity contribution >= 4 is 28.5 Å². The zero-order chi connectivity index (χ0) is 10.9. The lowest BCUT2D eigenvalue weighted by Crippen LogP contribution is -2.15. The Labute approximate surface area is 92.8 Å². The van der Waals surface area contributed by atoms with Gasteiger partial charge in [0, 0.05) is 9.26 Å². The molecule has 1 heterocycles. The number of hydrogen-bond donors (Lipinski definition) is 1. The van der Waals surface area contributed by atoms with Crippen LogP contribution < -0.4 is 5.73 Å². The Hall–Kier alpha value is -0.790. The van der Waals surface area contributed by atoms with E-state index >= 15 is 0 Å². The number of halogens is 3. The molecule has 0 aliphatic carbocycles. The molecule has 0 bridgehead atoms. The lowest BCUT2D eigenvalue weighted by molar-refractivity contribution is 0.0994. The third-order valence-corrected chi connectivity index (χ3v) is 2.56. The Bertz CT molecular complexity index is 359. The number of alkyl halides is 2. The summed E-state index contributed by atoms with van der Waals surface area (Å²) in [5.74, 6) is -0.716. The minimum Gasteiger partial charge on any atom is -0.364 e. The Balaban J connectivity index is 3.32. The quantitative estimate of drug-likeness (QED) is 0.850. The van der Waals surface area contributed by atoms with Crippen molar-refractivity contribution in [3.63, 3.8) is 0 Å². The fourth-order valence-electron chi connectivity index (χ4n) is 1.03. The first-order chi connectivity index (χ1) is 6.43. The number of rotatable bonds is 2. The summed E-state index contributed by atoms with van der Waals surface area (Å²) in [6.07, 6.45) is -2.59. The number of primary amides is 1. The molecule has 0 atom stereocenters. The maximum Gasteiger partial charge on any atom is 0.267 e. The van der Waals surface area contributed by atoms with E-state index in [0.717, 1.165) is 0 Å². The summed E-state index contributed by atoms with van der Waals surface area (Å²) in [6, 6.07) is 1.26. The molecule has 76 valence electrons. The molecule has 0 aromatic carbocycles. The van der Waals surface area contributed by atoms with E-state index in [2.05, 4.69) is 4.98 Å². The van der Waals surface area contributed by atoms with E-state index in [0.29, 0.717) is 3.57 Å². The van der Waals surface area contributed by atoms with Crippen molar-refractivity contribution in [3.8, 4) is 0 Å². The summed E-state index contributed by atoms with van der Waals surface area (Å²) in [6.45, 7) is 1.43. The molecule has 1 amide bonds. The topological polar surface area (TPSA) is 56.0 Å². The lowest BCUT2D eigenvalue weighted by atomic mass is 10.2. The van der Waals surface area contributed by atoms with Crippen molar-refractivity contribution < 1.29 is 13.6 Å². The SMILES string of the molecule is Cc1nc(C(N)=O)cc(I)c1C(F)F. The Morgan fingerprint density at radius 2 is 2.21 bits per heavy atom. The van der Waals surface area contributed by atoms with Crippen LogP contribution in [0.4, 0.5) is 8.78 Å². The van der Waals surface area contributed by atoms with Crippen LogP contribution in [0.25, 0.3) is 0 Å². The second-order valence-corrected chi connectivity index (χ2v) is 3.82. The van der Waals surface area contributed by atoms with E-state index in [1.807, 2.05) is 0 Å². The number of pyridine rings is 1. The van der Waals surface area contributed by atoms with Crippen LogP contribution in [0.15, 0.2) is 6.07 Å². The molecule has 0 spiro atoms. The number of nitrogens with zero attached hydrogens (tertiary/aromatic N) is 1. The van der Waals surface area contributed by atoms with Crippen LogP contribution in [0.5, 0.6) is 0 Å². The normalized spacial score (nSPS) is 10.6. The lowest BCUT2D eigenvalue weighted by Gasteiger charge is -2.07. The molecule has 2 N–H and O–H groups in total. The highest BCUT2D eigenvalue weighted by Crippen LogP contribution is 2.27. The average Bonchev–Trinajstić information content (AvgIpc) is 2.01. The number of amides is 1. The zero-order valence-corrected chi connectivity index (χ0v) is 9.38. The van der Waals surface area contributed by atoms with Gasteiger partial charge in [-0.3, -0.25) is 4.79 Å². The zero-order valence-electron chi connectivity index (χ0n) is 7.22. The van der Waals surface area contributed by atoms with Gasteiger partial charge in [-0.05, 0) is 35.6 Å². The number of aryl methyl sites for hydroxylation is 1. The fraction of sp³-hybridized carbons (Fsp3) is 0.250. The Kier molecular flexibility index (Phi) is 3.35. The van der Waals surface area contributed by atoms with Gasteiger partial charge in [0.1, 0.15) is 5.69 Å². The standard InChI is InChI=1S/C8H7F2IN2O/c1-3-6(7(9)10)4(11)2-5(13-3)8(12)14/h2,7H,1H3,(H2,12,14). The smallest absolute Gasteiger partial charge is 0.267 e. The minimum absolute atomic E-state index is 0.0105. The molecule has 0 saturated heterocycles. The van der Waals surface area contributed by atoms with Crippen molar-refractivity contribution in [1.29, 1.82) is 0 Å². The molecule has 3 nitrogen and oxygen atoms in total. The number of carbonyl (C=O) groups is 1. The number of nitrogens with two attached hydrogens (primary N) is 1. The predicted molar refractivity (Wildman–Crippen MR) is 55.2 cm³/mol. The molecule has 1 rings (SSSR count). The van der Waals surface area contributed by atoms with Crippen LogP contribution >= 0.6 is 22.6 Å². The second-order valence-electron chi connectivity index (χ2n) is 2.65. The molecule has 14 heavy (non-hydrogen) atoms. The number of carbonyl (C=O) groups excluding carboxylic acids is 1.